The van der Waals surface area contributed by atoms with E-state index in [4.69, 9.17) is 17.4 Å². The summed E-state index contributed by atoms with van der Waals surface area (Å²) >= 11 is 7.49. The van der Waals surface area contributed by atoms with E-state index < -0.39 is 0 Å². The van der Waals surface area contributed by atoms with Crippen molar-refractivity contribution in [2.45, 2.75) is 18.9 Å². The standard InChI is InChI=1S/C12H14ClN3S/c13-12-4-3-11(17-12)10(16-14)2-1-9-5-7-15-8-6-9/h3-8,10,16H,1-2,14H2. The average Bonchev–Trinajstić information content (AvgIpc) is 2.78. The molecule has 0 aliphatic rings. The van der Waals surface area contributed by atoms with Crippen LogP contribution in [0.2, 0.25) is 4.34 Å². The molecule has 2 aromatic heterocycles. The van der Waals surface area contributed by atoms with Gasteiger partial charge in [0.15, 0.2) is 0 Å². The van der Waals surface area contributed by atoms with E-state index in [0.717, 1.165) is 17.2 Å². The van der Waals surface area contributed by atoms with Crippen LogP contribution in [0.3, 0.4) is 0 Å². The van der Waals surface area contributed by atoms with Crippen LogP contribution in [0.1, 0.15) is 22.9 Å². The van der Waals surface area contributed by atoms with E-state index in [1.807, 2.05) is 36.7 Å². The van der Waals surface area contributed by atoms with Crippen LogP contribution in [0.5, 0.6) is 0 Å². The Kier molecular flexibility index (Phi) is 4.50. The number of aromatic nitrogens is 1. The molecule has 0 aliphatic heterocycles. The predicted octanol–water partition coefficient (Wildman–Crippen LogP) is 2.93. The molecular formula is C12H14ClN3S. The van der Waals surface area contributed by atoms with Crippen molar-refractivity contribution in [2.24, 2.45) is 5.84 Å². The fraction of sp³-hybridized carbons (Fsp3) is 0.250. The molecule has 0 amide bonds. The third-order valence-electron chi connectivity index (χ3n) is 2.61. The van der Waals surface area contributed by atoms with Gasteiger partial charge in [-0.15, -0.1) is 11.3 Å². The summed E-state index contributed by atoms with van der Waals surface area (Å²) in [7, 11) is 0. The number of nitrogens with one attached hydrogen (secondary N) is 1. The maximum Gasteiger partial charge on any atom is 0.0931 e. The van der Waals surface area contributed by atoms with Crippen molar-refractivity contribution in [3.63, 3.8) is 0 Å². The van der Waals surface area contributed by atoms with E-state index in [1.54, 1.807) is 11.3 Å². The van der Waals surface area contributed by atoms with Gasteiger partial charge in [-0.2, -0.15) is 0 Å². The smallest absolute Gasteiger partial charge is 0.0931 e. The lowest BCUT2D eigenvalue weighted by atomic mass is 10.1. The Balaban J connectivity index is 1.97. The summed E-state index contributed by atoms with van der Waals surface area (Å²) in [6.07, 6.45) is 5.52. The molecule has 5 heteroatoms. The second kappa shape index (κ2) is 6.12. The first-order chi connectivity index (χ1) is 8.29. The SMILES string of the molecule is NNC(CCc1ccncc1)c1ccc(Cl)s1. The average molecular weight is 268 g/mol. The molecule has 2 heterocycles. The van der Waals surface area contributed by atoms with Crippen LogP contribution in [-0.4, -0.2) is 4.98 Å². The normalized spacial score (nSPS) is 12.6. The summed E-state index contributed by atoms with van der Waals surface area (Å²) < 4.78 is 0.796. The van der Waals surface area contributed by atoms with Crippen LogP contribution in [0, 0.1) is 0 Å². The van der Waals surface area contributed by atoms with E-state index in [2.05, 4.69) is 10.4 Å². The van der Waals surface area contributed by atoms with Gasteiger partial charge in [-0.3, -0.25) is 16.3 Å². The third kappa shape index (κ3) is 3.51. The number of halogens is 1. The van der Waals surface area contributed by atoms with E-state index >= 15 is 0 Å². The van der Waals surface area contributed by atoms with Gasteiger partial charge in [0.25, 0.3) is 0 Å². The molecule has 0 bridgehead atoms. The van der Waals surface area contributed by atoms with E-state index in [-0.39, 0.29) is 6.04 Å². The molecule has 17 heavy (non-hydrogen) atoms. The molecule has 0 saturated heterocycles. The fourth-order valence-corrected chi connectivity index (χ4v) is 2.84. The van der Waals surface area contributed by atoms with Crippen LogP contribution in [0.4, 0.5) is 0 Å². The van der Waals surface area contributed by atoms with Gasteiger partial charge in [-0.1, -0.05) is 11.6 Å². The number of hydrazine groups is 1. The van der Waals surface area contributed by atoms with Crippen LogP contribution in [0.15, 0.2) is 36.7 Å². The monoisotopic (exact) mass is 267 g/mol. The van der Waals surface area contributed by atoms with Crippen molar-refractivity contribution in [1.29, 1.82) is 0 Å². The highest BCUT2D eigenvalue weighted by molar-refractivity contribution is 7.16. The van der Waals surface area contributed by atoms with Gasteiger partial charge in [0.05, 0.1) is 10.4 Å². The maximum atomic E-state index is 5.92. The summed E-state index contributed by atoms with van der Waals surface area (Å²) in [6.45, 7) is 0. The van der Waals surface area contributed by atoms with E-state index in [1.165, 1.54) is 10.4 Å². The largest absolute Gasteiger partial charge is 0.271 e. The number of aryl methyl sites for hydroxylation is 1. The van der Waals surface area contributed by atoms with Gasteiger partial charge in [-0.25, -0.2) is 0 Å². The molecule has 0 fully saturated rings. The minimum atomic E-state index is 0.153. The molecule has 1 atom stereocenters. The Hall–Kier alpha value is -0.940. The number of hydrogen-bond acceptors (Lipinski definition) is 4. The summed E-state index contributed by atoms with van der Waals surface area (Å²) in [4.78, 5) is 5.17. The predicted molar refractivity (Wildman–Crippen MR) is 72.0 cm³/mol. The lowest BCUT2D eigenvalue weighted by Gasteiger charge is -2.13. The zero-order valence-electron chi connectivity index (χ0n) is 9.27. The van der Waals surface area contributed by atoms with Crippen molar-refractivity contribution >= 4 is 22.9 Å². The zero-order valence-corrected chi connectivity index (χ0v) is 10.8. The molecule has 90 valence electrons. The Labute approximate surface area is 110 Å². The lowest BCUT2D eigenvalue weighted by molar-refractivity contribution is 0.524. The van der Waals surface area contributed by atoms with Crippen molar-refractivity contribution in [3.05, 3.63) is 51.4 Å². The van der Waals surface area contributed by atoms with Gasteiger partial charge in [0.1, 0.15) is 0 Å². The summed E-state index contributed by atoms with van der Waals surface area (Å²) in [5.74, 6) is 5.58. The van der Waals surface area contributed by atoms with Crippen LogP contribution in [-0.2, 0) is 6.42 Å². The first kappa shape index (κ1) is 12.5. The lowest BCUT2D eigenvalue weighted by Crippen LogP contribution is -2.27. The highest BCUT2D eigenvalue weighted by Crippen LogP contribution is 2.28. The quantitative estimate of drug-likeness (QED) is 0.647. The van der Waals surface area contributed by atoms with Crippen LogP contribution in [0.25, 0.3) is 0 Å². The Morgan fingerprint density at radius 3 is 2.65 bits per heavy atom. The van der Waals surface area contributed by atoms with Crippen LogP contribution >= 0.6 is 22.9 Å². The third-order valence-corrected chi connectivity index (χ3v) is 3.95. The first-order valence-corrected chi connectivity index (χ1v) is 6.59. The van der Waals surface area contributed by atoms with Gasteiger partial charge in [0, 0.05) is 17.3 Å². The minimum absolute atomic E-state index is 0.153. The second-order valence-electron chi connectivity index (χ2n) is 3.76. The first-order valence-electron chi connectivity index (χ1n) is 5.40. The molecule has 0 aromatic carbocycles. The molecule has 0 saturated carbocycles. The van der Waals surface area contributed by atoms with Gasteiger partial charge in [-0.05, 0) is 42.7 Å². The Bertz CT molecular complexity index is 458. The number of thiophene rings is 1. The van der Waals surface area contributed by atoms with Crippen molar-refractivity contribution in [2.75, 3.05) is 0 Å². The number of nitrogens with two attached hydrogens (primary N) is 1. The summed E-state index contributed by atoms with van der Waals surface area (Å²) in [5, 5.41) is 0. The van der Waals surface area contributed by atoms with Crippen LogP contribution < -0.4 is 11.3 Å². The molecule has 0 spiro atoms. The summed E-state index contributed by atoms with van der Waals surface area (Å²) in [6, 6.07) is 8.12. The fourth-order valence-electron chi connectivity index (χ4n) is 1.68. The minimum Gasteiger partial charge on any atom is -0.271 e. The molecule has 2 aromatic rings. The van der Waals surface area contributed by atoms with Crippen molar-refractivity contribution < 1.29 is 0 Å². The topological polar surface area (TPSA) is 50.9 Å². The highest BCUT2D eigenvalue weighted by atomic mass is 35.5. The van der Waals surface area contributed by atoms with Crippen molar-refractivity contribution in [3.8, 4) is 0 Å². The zero-order chi connectivity index (χ0) is 12.1. The second-order valence-corrected chi connectivity index (χ2v) is 5.50. The molecule has 3 nitrogen and oxygen atoms in total. The highest BCUT2D eigenvalue weighted by Gasteiger charge is 2.11. The molecule has 3 N–H and O–H groups in total. The van der Waals surface area contributed by atoms with E-state index in [0.29, 0.717) is 0 Å². The number of pyridine rings is 1. The Morgan fingerprint density at radius 2 is 2.06 bits per heavy atom. The number of nitrogens with zero attached hydrogens (tertiary/aromatic N) is 1. The molecule has 2 rings (SSSR count). The van der Waals surface area contributed by atoms with E-state index in [9.17, 15) is 0 Å². The van der Waals surface area contributed by atoms with Gasteiger partial charge < -0.3 is 0 Å². The van der Waals surface area contributed by atoms with Gasteiger partial charge >= 0.3 is 0 Å². The van der Waals surface area contributed by atoms with Crippen molar-refractivity contribution in [1.82, 2.24) is 10.4 Å². The molecular weight excluding hydrogens is 254 g/mol. The maximum absolute atomic E-state index is 5.92. The molecule has 0 radical (unpaired) electrons. The molecule has 0 aliphatic carbocycles. The number of hydrogen-bond donors (Lipinski definition) is 2. The molecule has 1 unspecified atom stereocenters. The van der Waals surface area contributed by atoms with Gasteiger partial charge in [0.2, 0.25) is 0 Å². The summed E-state index contributed by atoms with van der Waals surface area (Å²) in [5.41, 5.74) is 4.10. The number of rotatable bonds is 5. The Morgan fingerprint density at radius 1 is 1.29 bits per heavy atom.